The monoisotopic (exact) mass is 369 g/mol. The molecule has 2 aliphatic heterocycles. The van der Waals surface area contributed by atoms with Crippen molar-refractivity contribution < 1.29 is 23.8 Å². The van der Waals surface area contributed by atoms with Crippen molar-refractivity contribution in [3.05, 3.63) is 42.7 Å². The number of hydrogen-bond acceptors (Lipinski definition) is 6. The summed E-state index contributed by atoms with van der Waals surface area (Å²) in [6.45, 7) is 2.73. The van der Waals surface area contributed by atoms with Crippen molar-refractivity contribution in [2.45, 2.75) is 13.0 Å². The smallest absolute Gasteiger partial charge is 0.263 e. The molecule has 1 atom stereocenters. The van der Waals surface area contributed by atoms with Crippen molar-refractivity contribution in [3.8, 4) is 17.2 Å². The highest BCUT2D eigenvalue weighted by Gasteiger charge is 2.31. The molecule has 8 heteroatoms. The summed E-state index contributed by atoms with van der Waals surface area (Å²) in [6, 6.07) is 8.76. The van der Waals surface area contributed by atoms with E-state index in [0.29, 0.717) is 30.3 Å². The average Bonchev–Trinajstić information content (AvgIpc) is 3.15. The highest BCUT2D eigenvalue weighted by atomic mass is 16.7. The molecule has 1 aromatic carbocycles. The molecule has 3 heterocycles. The highest BCUT2D eigenvalue weighted by Crippen LogP contribution is 2.35. The van der Waals surface area contributed by atoms with E-state index in [-0.39, 0.29) is 25.2 Å². The number of ether oxygens (including phenoxy) is 3. The Labute approximate surface area is 156 Å². The van der Waals surface area contributed by atoms with Crippen LogP contribution in [0.2, 0.25) is 0 Å². The van der Waals surface area contributed by atoms with Crippen LogP contribution in [-0.4, -0.2) is 54.2 Å². The van der Waals surface area contributed by atoms with Gasteiger partial charge in [0.1, 0.15) is 12.3 Å². The Morgan fingerprint density at radius 2 is 2.07 bits per heavy atom. The van der Waals surface area contributed by atoms with Gasteiger partial charge in [-0.15, -0.1) is 0 Å². The summed E-state index contributed by atoms with van der Waals surface area (Å²) < 4.78 is 16.3. The topological polar surface area (TPSA) is 81.2 Å². The number of piperazine rings is 1. The molecule has 2 aromatic rings. The predicted octanol–water partition coefficient (Wildman–Crippen LogP) is 1.45. The van der Waals surface area contributed by atoms with Gasteiger partial charge in [-0.25, -0.2) is 0 Å². The number of hydrogen-bond donors (Lipinski definition) is 0. The predicted molar refractivity (Wildman–Crippen MR) is 95.8 cm³/mol. The molecule has 1 aromatic heterocycles. The first-order valence-electron chi connectivity index (χ1n) is 8.67. The van der Waals surface area contributed by atoms with E-state index in [1.54, 1.807) is 48.5 Å². The summed E-state index contributed by atoms with van der Waals surface area (Å²) in [6.07, 6.45) is 2.58. The highest BCUT2D eigenvalue weighted by molar-refractivity contribution is 5.98. The van der Waals surface area contributed by atoms with Gasteiger partial charge >= 0.3 is 0 Å². The van der Waals surface area contributed by atoms with Crippen molar-refractivity contribution >= 4 is 17.5 Å². The maximum absolute atomic E-state index is 12.7. The van der Waals surface area contributed by atoms with Crippen LogP contribution >= 0.6 is 0 Å². The zero-order chi connectivity index (χ0) is 18.8. The zero-order valence-electron chi connectivity index (χ0n) is 14.8. The molecule has 2 aliphatic rings. The second-order valence-corrected chi connectivity index (χ2v) is 6.29. The molecule has 1 saturated heterocycles. The average molecular weight is 369 g/mol. The minimum atomic E-state index is -0.719. The standard InChI is InChI=1S/C19H19N3O5/c1-13(27-15-4-5-16-17(9-15)26-12-25-16)19(24)21-7-8-22(18(23)11-21)14-3-2-6-20-10-14/h2-6,9-10,13H,7-8,11-12H2,1H3. The SMILES string of the molecule is CC(Oc1ccc2c(c1)OCO2)C(=O)N1CCN(c2cccnc2)C(=O)C1. The number of fused-ring (bicyclic) bond motifs is 1. The Hall–Kier alpha value is -3.29. The van der Waals surface area contributed by atoms with Gasteiger partial charge in [-0.2, -0.15) is 0 Å². The molecule has 0 N–H and O–H groups in total. The third kappa shape index (κ3) is 3.51. The van der Waals surface area contributed by atoms with Gasteiger partial charge in [-0.3, -0.25) is 14.6 Å². The Bertz CT molecular complexity index is 858. The number of pyridine rings is 1. The van der Waals surface area contributed by atoms with E-state index in [1.807, 2.05) is 6.07 Å². The van der Waals surface area contributed by atoms with E-state index >= 15 is 0 Å². The molecule has 0 saturated carbocycles. The first-order chi connectivity index (χ1) is 13.1. The Morgan fingerprint density at radius 3 is 2.85 bits per heavy atom. The van der Waals surface area contributed by atoms with Gasteiger partial charge in [0.25, 0.3) is 5.91 Å². The second-order valence-electron chi connectivity index (χ2n) is 6.29. The number of aromatic nitrogens is 1. The second kappa shape index (κ2) is 7.14. The van der Waals surface area contributed by atoms with E-state index in [4.69, 9.17) is 14.2 Å². The van der Waals surface area contributed by atoms with Crippen LogP contribution in [0.3, 0.4) is 0 Å². The van der Waals surface area contributed by atoms with Crippen molar-refractivity contribution in [1.82, 2.24) is 9.88 Å². The van der Waals surface area contributed by atoms with E-state index in [2.05, 4.69) is 4.98 Å². The molecule has 0 spiro atoms. The van der Waals surface area contributed by atoms with Gasteiger partial charge in [-0.05, 0) is 31.2 Å². The van der Waals surface area contributed by atoms with Gasteiger partial charge in [0.2, 0.25) is 12.7 Å². The summed E-state index contributed by atoms with van der Waals surface area (Å²) in [5.74, 6) is 1.39. The van der Waals surface area contributed by atoms with Crippen molar-refractivity contribution in [2.75, 3.05) is 31.3 Å². The summed E-state index contributed by atoms with van der Waals surface area (Å²) >= 11 is 0. The van der Waals surface area contributed by atoms with E-state index < -0.39 is 6.10 Å². The van der Waals surface area contributed by atoms with E-state index in [9.17, 15) is 9.59 Å². The normalized spacial score (nSPS) is 17.0. The maximum Gasteiger partial charge on any atom is 0.263 e. The molecule has 1 fully saturated rings. The molecule has 8 nitrogen and oxygen atoms in total. The van der Waals surface area contributed by atoms with Crippen molar-refractivity contribution in [3.63, 3.8) is 0 Å². The third-order valence-electron chi connectivity index (χ3n) is 4.49. The Morgan fingerprint density at radius 1 is 1.22 bits per heavy atom. The molecule has 0 radical (unpaired) electrons. The molecular weight excluding hydrogens is 350 g/mol. The van der Waals surface area contributed by atoms with Crippen molar-refractivity contribution in [2.24, 2.45) is 0 Å². The van der Waals surface area contributed by atoms with Gasteiger partial charge < -0.3 is 24.0 Å². The minimum absolute atomic E-state index is 0.0164. The lowest BCUT2D eigenvalue weighted by molar-refractivity contribution is -0.142. The lowest BCUT2D eigenvalue weighted by Gasteiger charge is -2.35. The van der Waals surface area contributed by atoms with Crippen LogP contribution in [0.5, 0.6) is 17.2 Å². The molecule has 2 amide bonds. The van der Waals surface area contributed by atoms with Crippen LogP contribution < -0.4 is 19.1 Å². The molecule has 1 unspecified atom stereocenters. The summed E-state index contributed by atoms with van der Waals surface area (Å²) in [7, 11) is 0. The van der Waals surface area contributed by atoms with Crippen LogP contribution in [0.1, 0.15) is 6.92 Å². The number of rotatable bonds is 4. The molecule has 140 valence electrons. The van der Waals surface area contributed by atoms with Gasteiger partial charge in [0, 0.05) is 25.4 Å². The summed E-state index contributed by atoms with van der Waals surface area (Å²) in [4.78, 5) is 32.3. The number of nitrogens with zero attached hydrogens (tertiary/aromatic N) is 3. The maximum atomic E-state index is 12.7. The van der Waals surface area contributed by atoms with Gasteiger partial charge in [0.15, 0.2) is 17.6 Å². The van der Waals surface area contributed by atoms with Crippen LogP contribution in [0, 0.1) is 0 Å². The molecule has 0 aliphatic carbocycles. The number of anilines is 1. The number of carbonyl (C=O) groups is 2. The number of amides is 2. The summed E-state index contributed by atoms with van der Waals surface area (Å²) in [5, 5.41) is 0. The zero-order valence-corrected chi connectivity index (χ0v) is 14.8. The quantitative estimate of drug-likeness (QED) is 0.812. The van der Waals surface area contributed by atoms with Gasteiger partial charge in [-0.1, -0.05) is 0 Å². The molecule has 27 heavy (non-hydrogen) atoms. The first kappa shape index (κ1) is 17.1. The fourth-order valence-electron chi connectivity index (χ4n) is 3.11. The lowest BCUT2D eigenvalue weighted by Crippen LogP contribution is -2.54. The van der Waals surface area contributed by atoms with E-state index in [1.165, 1.54) is 4.90 Å². The largest absolute Gasteiger partial charge is 0.481 e. The summed E-state index contributed by atoms with van der Waals surface area (Å²) in [5.41, 5.74) is 0.735. The van der Waals surface area contributed by atoms with Gasteiger partial charge in [0.05, 0.1) is 11.9 Å². The lowest BCUT2D eigenvalue weighted by atomic mass is 10.2. The molecular formula is C19H19N3O5. The van der Waals surface area contributed by atoms with Crippen LogP contribution in [0.4, 0.5) is 5.69 Å². The van der Waals surface area contributed by atoms with Crippen LogP contribution in [0.25, 0.3) is 0 Å². The number of benzene rings is 1. The van der Waals surface area contributed by atoms with Crippen LogP contribution in [0.15, 0.2) is 42.7 Å². The number of carbonyl (C=O) groups excluding carboxylic acids is 2. The molecule has 0 bridgehead atoms. The molecule has 4 rings (SSSR count). The Balaban J connectivity index is 1.37. The fourth-order valence-corrected chi connectivity index (χ4v) is 3.11. The fraction of sp³-hybridized carbons (Fsp3) is 0.316. The minimum Gasteiger partial charge on any atom is -0.481 e. The van der Waals surface area contributed by atoms with Crippen molar-refractivity contribution in [1.29, 1.82) is 0 Å². The van der Waals surface area contributed by atoms with E-state index in [0.717, 1.165) is 5.69 Å². The third-order valence-corrected chi connectivity index (χ3v) is 4.49. The van der Waals surface area contributed by atoms with Crippen LogP contribution in [-0.2, 0) is 9.59 Å². The Kier molecular flexibility index (Phi) is 4.53. The first-order valence-corrected chi connectivity index (χ1v) is 8.67.